The van der Waals surface area contributed by atoms with Crippen LogP contribution in [0.1, 0.15) is 59.8 Å². The molecule has 2 aliphatic rings. The largest absolute Gasteiger partial charge is 0.461 e. The fourth-order valence-corrected chi connectivity index (χ4v) is 3.84. The van der Waals surface area contributed by atoms with E-state index in [0.717, 1.165) is 49.5 Å². The summed E-state index contributed by atoms with van der Waals surface area (Å²) >= 11 is 1.42. The molecule has 0 spiro atoms. The van der Waals surface area contributed by atoms with Crippen molar-refractivity contribution in [2.75, 3.05) is 19.8 Å². The molecular weight excluding hydrogens is 274 g/mol. The Balaban J connectivity index is 1.57. The van der Waals surface area contributed by atoms with E-state index in [-0.39, 0.29) is 5.97 Å². The SMILES string of the molecule is O=C(OCC1CCOCC1)c1scnc1C1CCCC1. The Morgan fingerprint density at radius 2 is 2.05 bits per heavy atom. The molecule has 4 nitrogen and oxygen atoms in total. The van der Waals surface area contributed by atoms with Crippen LogP contribution in [0.2, 0.25) is 0 Å². The Kier molecular flexibility index (Phi) is 4.68. The molecule has 1 aliphatic carbocycles. The number of nitrogens with zero attached hydrogens (tertiary/aromatic N) is 1. The normalized spacial score (nSPS) is 21.2. The third kappa shape index (κ3) is 3.20. The Morgan fingerprint density at radius 3 is 2.80 bits per heavy atom. The highest BCUT2D eigenvalue weighted by molar-refractivity contribution is 7.11. The number of aromatic nitrogens is 1. The van der Waals surface area contributed by atoms with E-state index in [1.54, 1.807) is 5.51 Å². The Morgan fingerprint density at radius 1 is 1.30 bits per heavy atom. The van der Waals surface area contributed by atoms with Crippen molar-refractivity contribution in [3.8, 4) is 0 Å². The van der Waals surface area contributed by atoms with Crippen LogP contribution in [0.5, 0.6) is 0 Å². The van der Waals surface area contributed by atoms with Crippen LogP contribution in [-0.4, -0.2) is 30.8 Å². The molecule has 20 heavy (non-hydrogen) atoms. The number of thiazole rings is 1. The summed E-state index contributed by atoms with van der Waals surface area (Å²) in [5, 5.41) is 0. The number of carbonyl (C=O) groups is 1. The van der Waals surface area contributed by atoms with E-state index in [0.29, 0.717) is 18.4 Å². The Labute approximate surface area is 123 Å². The van der Waals surface area contributed by atoms with Crippen molar-refractivity contribution >= 4 is 17.3 Å². The second-order valence-electron chi connectivity index (χ2n) is 5.70. The predicted octanol–water partition coefficient (Wildman–Crippen LogP) is 3.38. The summed E-state index contributed by atoms with van der Waals surface area (Å²) in [5.41, 5.74) is 2.75. The van der Waals surface area contributed by atoms with Gasteiger partial charge in [0, 0.05) is 19.1 Å². The van der Waals surface area contributed by atoms with Crippen LogP contribution in [0.3, 0.4) is 0 Å². The summed E-state index contributed by atoms with van der Waals surface area (Å²) < 4.78 is 10.8. The molecule has 1 saturated heterocycles. The third-order valence-electron chi connectivity index (χ3n) is 4.31. The highest BCUT2D eigenvalue weighted by Gasteiger charge is 2.26. The van der Waals surface area contributed by atoms with Gasteiger partial charge in [-0.15, -0.1) is 11.3 Å². The van der Waals surface area contributed by atoms with Gasteiger partial charge >= 0.3 is 5.97 Å². The van der Waals surface area contributed by atoms with Gasteiger partial charge in [0.15, 0.2) is 0 Å². The van der Waals surface area contributed by atoms with Crippen LogP contribution in [0.25, 0.3) is 0 Å². The average molecular weight is 295 g/mol. The monoisotopic (exact) mass is 295 g/mol. The van der Waals surface area contributed by atoms with E-state index in [9.17, 15) is 4.79 Å². The van der Waals surface area contributed by atoms with Gasteiger partial charge in [-0.3, -0.25) is 0 Å². The number of ether oxygens (including phenoxy) is 2. The van der Waals surface area contributed by atoms with Crippen molar-refractivity contribution in [3.05, 3.63) is 16.1 Å². The molecule has 0 bridgehead atoms. The summed E-state index contributed by atoms with van der Waals surface area (Å²) in [5.74, 6) is 0.739. The highest BCUT2D eigenvalue weighted by Crippen LogP contribution is 2.36. The van der Waals surface area contributed by atoms with E-state index >= 15 is 0 Å². The molecule has 2 fully saturated rings. The first-order valence-electron chi connectivity index (χ1n) is 7.53. The van der Waals surface area contributed by atoms with Gasteiger partial charge in [0.05, 0.1) is 17.8 Å². The Hall–Kier alpha value is -0.940. The molecule has 0 unspecified atom stereocenters. The lowest BCUT2D eigenvalue weighted by atomic mass is 10.0. The zero-order chi connectivity index (χ0) is 13.8. The fraction of sp³-hybridized carbons (Fsp3) is 0.733. The van der Waals surface area contributed by atoms with Gasteiger partial charge in [-0.25, -0.2) is 9.78 Å². The van der Waals surface area contributed by atoms with Crippen LogP contribution in [0, 0.1) is 5.92 Å². The van der Waals surface area contributed by atoms with Crippen LogP contribution in [-0.2, 0) is 9.47 Å². The molecule has 1 aliphatic heterocycles. The van der Waals surface area contributed by atoms with Gasteiger partial charge in [0.1, 0.15) is 4.88 Å². The van der Waals surface area contributed by atoms with Crippen molar-refractivity contribution in [1.82, 2.24) is 4.98 Å². The van der Waals surface area contributed by atoms with Gasteiger partial charge in [-0.2, -0.15) is 0 Å². The lowest BCUT2D eigenvalue weighted by Gasteiger charge is -2.21. The molecule has 0 amide bonds. The molecule has 0 aromatic carbocycles. The molecule has 0 atom stereocenters. The van der Waals surface area contributed by atoms with Gasteiger partial charge < -0.3 is 9.47 Å². The number of carbonyl (C=O) groups excluding carboxylic acids is 1. The number of esters is 1. The maximum atomic E-state index is 12.2. The fourth-order valence-electron chi connectivity index (χ4n) is 3.07. The van der Waals surface area contributed by atoms with Gasteiger partial charge in [0.2, 0.25) is 0 Å². The van der Waals surface area contributed by atoms with Crippen LogP contribution >= 0.6 is 11.3 Å². The van der Waals surface area contributed by atoms with Gasteiger partial charge in [0.25, 0.3) is 0 Å². The molecule has 5 heteroatoms. The van der Waals surface area contributed by atoms with Crippen LogP contribution in [0.4, 0.5) is 0 Å². The molecule has 110 valence electrons. The minimum Gasteiger partial charge on any atom is -0.461 e. The highest BCUT2D eigenvalue weighted by atomic mass is 32.1. The topological polar surface area (TPSA) is 48.4 Å². The summed E-state index contributed by atoms with van der Waals surface area (Å²) in [7, 11) is 0. The summed E-state index contributed by atoms with van der Waals surface area (Å²) in [6.45, 7) is 2.09. The third-order valence-corrected chi connectivity index (χ3v) is 5.14. The molecular formula is C15H21NO3S. The minimum atomic E-state index is -0.180. The minimum absolute atomic E-state index is 0.180. The zero-order valence-electron chi connectivity index (χ0n) is 11.7. The van der Waals surface area contributed by atoms with E-state index in [2.05, 4.69) is 4.98 Å². The van der Waals surface area contributed by atoms with Crippen molar-refractivity contribution in [2.45, 2.75) is 44.4 Å². The predicted molar refractivity (Wildman–Crippen MR) is 77.1 cm³/mol. The van der Waals surface area contributed by atoms with E-state index in [4.69, 9.17) is 9.47 Å². The summed E-state index contributed by atoms with van der Waals surface area (Å²) in [6, 6.07) is 0. The van der Waals surface area contributed by atoms with Crippen LogP contribution in [0.15, 0.2) is 5.51 Å². The lowest BCUT2D eigenvalue weighted by molar-refractivity contribution is 0.0188. The molecule has 1 aromatic rings. The molecule has 0 radical (unpaired) electrons. The summed E-state index contributed by atoms with van der Waals surface area (Å²) in [6.07, 6.45) is 6.79. The second kappa shape index (κ2) is 6.68. The Bertz CT molecular complexity index is 448. The molecule has 0 N–H and O–H groups in total. The first-order chi connectivity index (χ1) is 9.84. The number of hydrogen-bond acceptors (Lipinski definition) is 5. The molecule has 1 aromatic heterocycles. The zero-order valence-corrected chi connectivity index (χ0v) is 12.5. The number of rotatable bonds is 4. The second-order valence-corrected chi connectivity index (χ2v) is 6.56. The number of hydrogen-bond donors (Lipinski definition) is 0. The van der Waals surface area contributed by atoms with Crippen molar-refractivity contribution < 1.29 is 14.3 Å². The smallest absolute Gasteiger partial charge is 0.350 e. The van der Waals surface area contributed by atoms with Crippen molar-refractivity contribution in [1.29, 1.82) is 0 Å². The van der Waals surface area contributed by atoms with Crippen molar-refractivity contribution in [2.24, 2.45) is 5.92 Å². The lowest BCUT2D eigenvalue weighted by Crippen LogP contribution is -2.22. The summed E-state index contributed by atoms with van der Waals surface area (Å²) in [4.78, 5) is 17.4. The molecule has 2 heterocycles. The van der Waals surface area contributed by atoms with Crippen molar-refractivity contribution in [3.63, 3.8) is 0 Å². The van der Waals surface area contributed by atoms with E-state index < -0.39 is 0 Å². The first-order valence-corrected chi connectivity index (χ1v) is 8.41. The maximum Gasteiger partial charge on any atom is 0.350 e. The van der Waals surface area contributed by atoms with Gasteiger partial charge in [-0.05, 0) is 31.6 Å². The first kappa shape index (κ1) is 14.0. The molecule has 1 saturated carbocycles. The van der Waals surface area contributed by atoms with Gasteiger partial charge in [-0.1, -0.05) is 12.8 Å². The quantitative estimate of drug-likeness (QED) is 0.799. The average Bonchev–Trinajstić information content (AvgIpc) is 3.15. The van der Waals surface area contributed by atoms with Crippen LogP contribution < -0.4 is 0 Å². The maximum absolute atomic E-state index is 12.2. The van der Waals surface area contributed by atoms with E-state index in [1.807, 2.05) is 0 Å². The molecule has 3 rings (SSSR count). The van der Waals surface area contributed by atoms with E-state index in [1.165, 1.54) is 24.2 Å². The standard InChI is InChI=1S/C15H21NO3S/c17-15(19-9-11-5-7-18-8-6-11)14-13(16-10-20-14)12-3-1-2-4-12/h10-12H,1-9H2.